The van der Waals surface area contributed by atoms with Crippen molar-refractivity contribution in [2.45, 2.75) is 32.1 Å². The molecule has 104 valence electrons. The number of nitrogens with one attached hydrogen (secondary N) is 1. The van der Waals surface area contributed by atoms with Gasteiger partial charge < -0.3 is 10.1 Å². The Morgan fingerprint density at radius 2 is 2.00 bits per heavy atom. The van der Waals surface area contributed by atoms with Crippen molar-refractivity contribution in [1.82, 2.24) is 9.97 Å². The summed E-state index contributed by atoms with van der Waals surface area (Å²) in [5, 5.41) is 3.31. The maximum Gasteiger partial charge on any atom is 0.224 e. The molecule has 1 aliphatic rings. The molecule has 0 bridgehead atoms. The van der Waals surface area contributed by atoms with E-state index in [9.17, 15) is 0 Å². The maximum atomic E-state index is 5.83. The number of para-hydroxylation sites is 1. The lowest BCUT2D eigenvalue weighted by Crippen LogP contribution is -2.05. The highest BCUT2D eigenvalue weighted by Crippen LogP contribution is 2.39. The van der Waals surface area contributed by atoms with Crippen LogP contribution in [-0.2, 0) is 0 Å². The zero-order valence-electron chi connectivity index (χ0n) is 11.7. The van der Waals surface area contributed by atoms with Crippen molar-refractivity contribution in [3.63, 3.8) is 0 Å². The summed E-state index contributed by atoms with van der Waals surface area (Å²) in [5.41, 5.74) is 0. The van der Waals surface area contributed by atoms with E-state index in [0.29, 0.717) is 11.8 Å². The van der Waals surface area contributed by atoms with E-state index >= 15 is 0 Å². The van der Waals surface area contributed by atoms with Crippen molar-refractivity contribution in [2.24, 2.45) is 0 Å². The first-order chi connectivity index (χ1) is 9.85. The Morgan fingerprint density at radius 3 is 2.70 bits per heavy atom. The van der Waals surface area contributed by atoms with Crippen LogP contribution in [0, 0.1) is 0 Å². The van der Waals surface area contributed by atoms with Gasteiger partial charge in [0.15, 0.2) is 0 Å². The molecular weight excluding hydrogens is 250 g/mol. The van der Waals surface area contributed by atoms with Crippen molar-refractivity contribution in [3.05, 3.63) is 42.2 Å². The first-order valence-electron chi connectivity index (χ1n) is 7.21. The van der Waals surface area contributed by atoms with Gasteiger partial charge in [-0.25, -0.2) is 4.98 Å². The molecule has 3 rings (SSSR count). The van der Waals surface area contributed by atoms with Crippen molar-refractivity contribution < 1.29 is 4.74 Å². The van der Waals surface area contributed by atoms with Crippen LogP contribution in [0.15, 0.2) is 36.4 Å². The molecule has 1 heterocycles. The molecule has 20 heavy (non-hydrogen) atoms. The summed E-state index contributed by atoms with van der Waals surface area (Å²) in [4.78, 5) is 9.10. The van der Waals surface area contributed by atoms with E-state index in [2.05, 4.69) is 22.2 Å². The van der Waals surface area contributed by atoms with E-state index in [-0.39, 0.29) is 0 Å². The van der Waals surface area contributed by atoms with E-state index < -0.39 is 0 Å². The number of rotatable bonds is 6. The van der Waals surface area contributed by atoms with Crippen LogP contribution in [0.4, 0.5) is 5.82 Å². The number of nitrogens with zero attached hydrogens (tertiary/aromatic N) is 2. The van der Waals surface area contributed by atoms with Gasteiger partial charge >= 0.3 is 0 Å². The van der Waals surface area contributed by atoms with Crippen LogP contribution in [0.2, 0.25) is 0 Å². The summed E-state index contributed by atoms with van der Waals surface area (Å²) in [6.07, 6.45) is 3.43. The number of ether oxygens (including phenoxy) is 1. The van der Waals surface area contributed by atoms with E-state index in [1.54, 1.807) is 0 Å². The van der Waals surface area contributed by atoms with Gasteiger partial charge in [-0.05, 0) is 31.4 Å². The standard InChI is InChI=1S/C16H19N3O/c1-2-10-17-14-11-15(19-16(18-14)12-8-9-12)20-13-6-4-3-5-7-13/h3-7,11-12H,2,8-10H2,1H3,(H,17,18,19). The van der Waals surface area contributed by atoms with Crippen LogP contribution < -0.4 is 10.1 Å². The van der Waals surface area contributed by atoms with Crippen LogP contribution >= 0.6 is 0 Å². The lowest BCUT2D eigenvalue weighted by Gasteiger charge is -2.10. The molecule has 4 heteroatoms. The number of benzene rings is 1. The Bertz CT molecular complexity index is 567. The van der Waals surface area contributed by atoms with Crippen molar-refractivity contribution in [3.8, 4) is 11.6 Å². The molecule has 1 aromatic carbocycles. The zero-order valence-corrected chi connectivity index (χ0v) is 11.7. The molecule has 0 aliphatic heterocycles. The van der Waals surface area contributed by atoms with E-state index in [4.69, 9.17) is 4.74 Å². The van der Waals surface area contributed by atoms with Crippen LogP contribution in [0.25, 0.3) is 0 Å². The molecule has 1 aliphatic carbocycles. The SMILES string of the molecule is CCCNc1cc(Oc2ccccc2)nc(C2CC2)n1. The monoisotopic (exact) mass is 269 g/mol. The summed E-state index contributed by atoms with van der Waals surface area (Å²) in [6.45, 7) is 3.04. The second kappa shape index (κ2) is 5.90. The Morgan fingerprint density at radius 1 is 1.20 bits per heavy atom. The molecule has 0 unspecified atom stereocenters. The van der Waals surface area contributed by atoms with Crippen LogP contribution in [0.1, 0.15) is 37.9 Å². The van der Waals surface area contributed by atoms with Gasteiger partial charge in [0, 0.05) is 18.5 Å². The normalized spacial score (nSPS) is 14.1. The van der Waals surface area contributed by atoms with Crippen LogP contribution in [0.5, 0.6) is 11.6 Å². The Balaban J connectivity index is 1.83. The minimum Gasteiger partial charge on any atom is -0.439 e. The first kappa shape index (κ1) is 12.9. The van der Waals surface area contributed by atoms with Crippen LogP contribution in [-0.4, -0.2) is 16.5 Å². The van der Waals surface area contributed by atoms with E-state index in [1.165, 1.54) is 12.8 Å². The molecule has 0 amide bonds. The molecular formula is C16H19N3O. The van der Waals surface area contributed by atoms with Gasteiger partial charge in [0.05, 0.1) is 0 Å². The van der Waals surface area contributed by atoms with Gasteiger partial charge in [0.25, 0.3) is 0 Å². The number of aromatic nitrogens is 2. The number of hydrogen-bond donors (Lipinski definition) is 1. The number of hydrogen-bond acceptors (Lipinski definition) is 4. The molecule has 0 spiro atoms. The average Bonchev–Trinajstić information content (AvgIpc) is 3.31. The molecule has 1 N–H and O–H groups in total. The molecule has 0 saturated heterocycles. The number of anilines is 1. The smallest absolute Gasteiger partial charge is 0.224 e. The average molecular weight is 269 g/mol. The predicted octanol–water partition coefficient (Wildman–Crippen LogP) is 3.97. The summed E-state index contributed by atoms with van der Waals surface area (Å²) >= 11 is 0. The van der Waals surface area contributed by atoms with Crippen molar-refractivity contribution in [1.29, 1.82) is 0 Å². The van der Waals surface area contributed by atoms with Crippen molar-refractivity contribution >= 4 is 5.82 Å². The third-order valence-electron chi connectivity index (χ3n) is 3.18. The Hall–Kier alpha value is -2.10. The molecule has 4 nitrogen and oxygen atoms in total. The molecule has 1 fully saturated rings. The fourth-order valence-electron chi connectivity index (χ4n) is 1.97. The second-order valence-corrected chi connectivity index (χ2v) is 5.07. The third-order valence-corrected chi connectivity index (χ3v) is 3.18. The highest BCUT2D eigenvalue weighted by atomic mass is 16.5. The summed E-state index contributed by atoms with van der Waals surface area (Å²) in [6, 6.07) is 11.6. The van der Waals surface area contributed by atoms with Crippen molar-refractivity contribution in [2.75, 3.05) is 11.9 Å². The predicted molar refractivity (Wildman–Crippen MR) is 79.3 cm³/mol. The van der Waals surface area contributed by atoms with Gasteiger partial charge in [-0.3, -0.25) is 0 Å². The van der Waals surface area contributed by atoms with E-state index in [1.807, 2.05) is 36.4 Å². The quantitative estimate of drug-likeness (QED) is 0.862. The summed E-state index contributed by atoms with van der Waals surface area (Å²) < 4.78 is 5.83. The molecule has 0 radical (unpaired) electrons. The molecule has 1 saturated carbocycles. The minimum atomic E-state index is 0.511. The highest BCUT2D eigenvalue weighted by molar-refractivity contribution is 5.40. The van der Waals surface area contributed by atoms with Gasteiger partial charge in [0.1, 0.15) is 17.4 Å². The van der Waals surface area contributed by atoms with Gasteiger partial charge in [-0.1, -0.05) is 25.1 Å². The topological polar surface area (TPSA) is 47.0 Å². The third kappa shape index (κ3) is 3.26. The van der Waals surface area contributed by atoms with E-state index in [0.717, 1.165) is 30.4 Å². The largest absolute Gasteiger partial charge is 0.439 e. The van der Waals surface area contributed by atoms with Gasteiger partial charge in [-0.2, -0.15) is 4.98 Å². The Kier molecular flexibility index (Phi) is 3.81. The maximum absolute atomic E-state index is 5.83. The zero-order chi connectivity index (χ0) is 13.8. The lowest BCUT2D eigenvalue weighted by atomic mass is 10.3. The summed E-state index contributed by atoms with van der Waals surface area (Å²) in [5.74, 6) is 3.68. The second-order valence-electron chi connectivity index (χ2n) is 5.07. The molecule has 2 aromatic rings. The first-order valence-corrected chi connectivity index (χ1v) is 7.21. The Labute approximate surface area is 119 Å². The molecule has 1 aromatic heterocycles. The highest BCUT2D eigenvalue weighted by Gasteiger charge is 2.27. The minimum absolute atomic E-state index is 0.511. The van der Waals surface area contributed by atoms with Gasteiger partial charge in [-0.15, -0.1) is 0 Å². The fraction of sp³-hybridized carbons (Fsp3) is 0.375. The van der Waals surface area contributed by atoms with Gasteiger partial charge in [0.2, 0.25) is 5.88 Å². The molecule has 0 atom stereocenters. The lowest BCUT2D eigenvalue weighted by molar-refractivity contribution is 0.459. The van der Waals surface area contributed by atoms with Crippen LogP contribution in [0.3, 0.4) is 0 Å². The fourth-order valence-corrected chi connectivity index (χ4v) is 1.97. The summed E-state index contributed by atoms with van der Waals surface area (Å²) in [7, 11) is 0.